The minimum Gasteiger partial charge on any atom is -0.365 e. The van der Waals surface area contributed by atoms with E-state index >= 15 is 8.78 Å². The van der Waals surface area contributed by atoms with Gasteiger partial charge >= 0.3 is 0 Å². The molecule has 0 bridgehead atoms. The number of aryl methyl sites for hydroxylation is 2. The Kier molecular flexibility index (Phi) is 6.64. The van der Waals surface area contributed by atoms with E-state index in [-0.39, 0.29) is 46.1 Å². The number of aromatic nitrogens is 2. The maximum absolute atomic E-state index is 15.1. The average molecular weight is 531 g/mol. The standard InChI is InChI=1S/C27H29F3N4O2S/c1-15-7-9-20(10-8-15)37(35,36)34-14-22(21-12-18(28)13-23(29)25(21)34)26-31-17(3)24(30)27(33-26)32-19-6-4-5-16(2)11-19/h7-10,12-13,16,19,22H,4-6,11,14H2,1-3H3,(H,31,32,33)/t16-,19+,22?/m1/s1. The van der Waals surface area contributed by atoms with E-state index in [2.05, 4.69) is 22.2 Å². The number of benzene rings is 2. The minimum atomic E-state index is -4.18. The molecule has 6 nitrogen and oxygen atoms in total. The summed E-state index contributed by atoms with van der Waals surface area (Å²) < 4.78 is 72.6. The number of anilines is 2. The van der Waals surface area contributed by atoms with E-state index in [1.165, 1.54) is 19.1 Å². The second-order valence-corrected chi connectivity index (χ2v) is 12.0. The average Bonchev–Trinajstić information content (AvgIpc) is 3.23. The van der Waals surface area contributed by atoms with Crippen LogP contribution < -0.4 is 9.62 Å². The van der Waals surface area contributed by atoms with Crippen LogP contribution in [0.5, 0.6) is 0 Å². The number of halogens is 3. The third-order valence-electron chi connectivity index (χ3n) is 7.26. The summed E-state index contributed by atoms with van der Waals surface area (Å²) in [6, 6.07) is 8.01. The molecule has 1 saturated carbocycles. The smallest absolute Gasteiger partial charge is 0.264 e. The van der Waals surface area contributed by atoms with Crippen LogP contribution in [0, 0.1) is 37.2 Å². The highest BCUT2D eigenvalue weighted by molar-refractivity contribution is 7.92. The highest BCUT2D eigenvalue weighted by atomic mass is 32.2. The third-order valence-corrected chi connectivity index (χ3v) is 9.04. The van der Waals surface area contributed by atoms with Crippen LogP contribution in [-0.4, -0.2) is 31.0 Å². The van der Waals surface area contributed by atoms with Crippen molar-refractivity contribution >= 4 is 21.5 Å². The molecule has 5 rings (SSSR count). The SMILES string of the molecule is Cc1ccc(S(=O)(=O)N2CC(c3nc(C)c(F)c(N[C@H]4CCC[C@@H](C)C4)n3)c3cc(F)cc(F)c32)cc1. The Morgan fingerprint density at radius 1 is 1.03 bits per heavy atom. The topological polar surface area (TPSA) is 75.2 Å². The number of hydrogen-bond donors (Lipinski definition) is 1. The van der Waals surface area contributed by atoms with Gasteiger partial charge in [-0.05, 0) is 56.4 Å². The predicted octanol–water partition coefficient (Wildman–Crippen LogP) is 5.84. The third kappa shape index (κ3) is 4.79. The van der Waals surface area contributed by atoms with Crippen molar-refractivity contribution in [3.05, 3.63) is 76.5 Å². The van der Waals surface area contributed by atoms with Gasteiger partial charge in [-0.15, -0.1) is 0 Å². The van der Waals surface area contributed by atoms with E-state index in [4.69, 9.17) is 0 Å². The van der Waals surface area contributed by atoms with E-state index < -0.39 is 33.4 Å². The number of nitrogens with zero attached hydrogens (tertiary/aromatic N) is 3. The lowest BCUT2D eigenvalue weighted by Crippen LogP contribution is -2.31. The van der Waals surface area contributed by atoms with Gasteiger partial charge in [0.1, 0.15) is 11.6 Å². The molecular weight excluding hydrogens is 501 g/mol. The van der Waals surface area contributed by atoms with E-state index in [1.54, 1.807) is 12.1 Å². The summed E-state index contributed by atoms with van der Waals surface area (Å²) in [7, 11) is -4.18. The van der Waals surface area contributed by atoms with Gasteiger partial charge < -0.3 is 5.32 Å². The van der Waals surface area contributed by atoms with Gasteiger partial charge in [0, 0.05) is 18.7 Å². The van der Waals surface area contributed by atoms with Crippen molar-refractivity contribution in [2.24, 2.45) is 5.92 Å². The Morgan fingerprint density at radius 3 is 2.46 bits per heavy atom. The Labute approximate surface area is 215 Å². The molecule has 10 heteroatoms. The predicted molar refractivity (Wildman–Crippen MR) is 136 cm³/mol. The van der Waals surface area contributed by atoms with Crippen molar-refractivity contribution in [1.82, 2.24) is 9.97 Å². The van der Waals surface area contributed by atoms with Crippen LogP contribution in [-0.2, 0) is 10.0 Å². The van der Waals surface area contributed by atoms with Crippen molar-refractivity contribution < 1.29 is 21.6 Å². The molecule has 0 saturated heterocycles. The summed E-state index contributed by atoms with van der Waals surface area (Å²) in [4.78, 5) is 8.70. The fourth-order valence-electron chi connectivity index (χ4n) is 5.34. The lowest BCUT2D eigenvalue weighted by atomic mass is 9.87. The summed E-state index contributed by atoms with van der Waals surface area (Å²) in [5, 5.41) is 3.20. The molecule has 3 atom stereocenters. The Morgan fingerprint density at radius 2 is 1.76 bits per heavy atom. The van der Waals surface area contributed by atoms with Crippen molar-refractivity contribution in [2.75, 3.05) is 16.2 Å². The molecule has 3 aromatic rings. The van der Waals surface area contributed by atoms with Crippen molar-refractivity contribution in [3.63, 3.8) is 0 Å². The number of sulfonamides is 1. The molecule has 1 fully saturated rings. The highest BCUT2D eigenvalue weighted by Gasteiger charge is 2.41. The monoisotopic (exact) mass is 530 g/mol. The van der Waals surface area contributed by atoms with Crippen LogP contribution in [0.15, 0.2) is 41.3 Å². The second kappa shape index (κ2) is 9.63. The van der Waals surface area contributed by atoms with Gasteiger partial charge in [-0.2, -0.15) is 0 Å². The summed E-state index contributed by atoms with van der Waals surface area (Å²) >= 11 is 0. The van der Waals surface area contributed by atoms with Gasteiger partial charge in [-0.3, -0.25) is 4.31 Å². The zero-order valence-electron chi connectivity index (χ0n) is 20.9. The van der Waals surface area contributed by atoms with Crippen molar-refractivity contribution in [3.8, 4) is 0 Å². The molecule has 0 amide bonds. The molecule has 37 heavy (non-hydrogen) atoms. The zero-order valence-corrected chi connectivity index (χ0v) is 21.7. The van der Waals surface area contributed by atoms with E-state index in [1.807, 2.05) is 6.92 Å². The molecule has 2 heterocycles. The normalized spacial score (nSPS) is 21.7. The second-order valence-electron chi connectivity index (χ2n) is 10.2. The first-order valence-corrected chi connectivity index (χ1v) is 13.9. The van der Waals surface area contributed by atoms with Gasteiger partial charge in [-0.25, -0.2) is 31.6 Å². The minimum absolute atomic E-state index is 0.0154. The number of rotatable bonds is 5. The largest absolute Gasteiger partial charge is 0.365 e. The first kappa shape index (κ1) is 25.5. The molecule has 196 valence electrons. The molecule has 0 spiro atoms. The molecule has 2 aliphatic rings. The first-order valence-electron chi connectivity index (χ1n) is 12.4. The maximum Gasteiger partial charge on any atom is 0.264 e. The number of hydrogen-bond acceptors (Lipinski definition) is 5. The summed E-state index contributed by atoms with van der Waals surface area (Å²) in [6.07, 6.45) is 3.91. The van der Waals surface area contributed by atoms with Gasteiger partial charge in [-0.1, -0.05) is 37.5 Å². The fourth-order valence-corrected chi connectivity index (χ4v) is 6.85. The van der Waals surface area contributed by atoms with E-state index in [0.29, 0.717) is 12.0 Å². The summed E-state index contributed by atoms with van der Waals surface area (Å²) in [6.45, 7) is 5.24. The van der Waals surface area contributed by atoms with E-state index in [9.17, 15) is 12.8 Å². The molecule has 1 N–H and O–H groups in total. The summed E-state index contributed by atoms with van der Waals surface area (Å²) in [5.74, 6) is -2.67. The van der Waals surface area contributed by atoms with Crippen LogP contribution in [0.1, 0.15) is 61.2 Å². The van der Waals surface area contributed by atoms with Crippen LogP contribution in [0.2, 0.25) is 0 Å². The highest BCUT2D eigenvalue weighted by Crippen LogP contribution is 2.44. The van der Waals surface area contributed by atoms with Gasteiger partial charge in [0.15, 0.2) is 17.5 Å². The first-order chi connectivity index (χ1) is 17.5. The van der Waals surface area contributed by atoms with Crippen LogP contribution in [0.25, 0.3) is 0 Å². The number of nitrogens with one attached hydrogen (secondary N) is 1. The molecule has 1 aromatic heterocycles. The Bertz CT molecular complexity index is 1450. The molecular formula is C27H29F3N4O2S. The Hall–Kier alpha value is -3.14. The van der Waals surface area contributed by atoms with Crippen molar-refractivity contribution in [1.29, 1.82) is 0 Å². The van der Waals surface area contributed by atoms with Gasteiger partial charge in [0.25, 0.3) is 10.0 Å². The number of fused-ring (bicyclic) bond motifs is 1. The van der Waals surface area contributed by atoms with Gasteiger partial charge in [0.2, 0.25) is 0 Å². The lowest BCUT2D eigenvalue weighted by molar-refractivity contribution is 0.357. The lowest BCUT2D eigenvalue weighted by Gasteiger charge is -2.28. The van der Waals surface area contributed by atoms with E-state index in [0.717, 1.165) is 41.6 Å². The van der Waals surface area contributed by atoms with Crippen LogP contribution in [0.3, 0.4) is 0 Å². The quantitative estimate of drug-likeness (QED) is 0.449. The molecule has 1 aliphatic heterocycles. The van der Waals surface area contributed by atoms with Crippen LogP contribution >= 0.6 is 0 Å². The molecule has 1 unspecified atom stereocenters. The molecule has 1 aliphatic carbocycles. The fraction of sp³-hybridized carbons (Fsp3) is 0.407. The molecule has 2 aromatic carbocycles. The Balaban J connectivity index is 1.57. The van der Waals surface area contributed by atoms with Crippen molar-refractivity contribution in [2.45, 2.75) is 63.3 Å². The summed E-state index contributed by atoms with van der Waals surface area (Å²) in [5.41, 5.74) is 0.814. The van der Waals surface area contributed by atoms with Gasteiger partial charge in [0.05, 0.1) is 22.2 Å². The zero-order chi connectivity index (χ0) is 26.5. The van der Waals surface area contributed by atoms with Crippen LogP contribution in [0.4, 0.5) is 24.7 Å². The maximum atomic E-state index is 15.1. The molecule has 0 radical (unpaired) electrons.